The zero-order chi connectivity index (χ0) is 17.7. The number of ether oxygens (including phenoxy) is 1. The van der Waals surface area contributed by atoms with Gasteiger partial charge in [-0.05, 0) is 17.7 Å². The lowest BCUT2D eigenvalue weighted by molar-refractivity contribution is -0.144. The van der Waals surface area contributed by atoms with Crippen LogP contribution in [0, 0.1) is 0 Å². The van der Waals surface area contributed by atoms with Gasteiger partial charge in [0.25, 0.3) is 0 Å². The molecule has 2 unspecified atom stereocenters. The van der Waals surface area contributed by atoms with E-state index >= 15 is 0 Å². The summed E-state index contributed by atoms with van der Waals surface area (Å²) in [7, 11) is 1.20. The van der Waals surface area contributed by atoms with Crippen LogP contribution in [0.5, 0.6) is 0 Å². The van der Waals surface area contributed by atoms with Gasteiger partial charge < -0.3 is 20.7 Å². The van der Waals surface area contributed by atoms with Gasteiger partial charge in [0.15, 0.2) is 5.78 Å². The van der Waals surface area contributed by atoms with Crippen LogP contribution in [0.1, 0.15) is 34.0 Å². The van der Waals surface area contributed by atoms with E-state index in [1.54, 1.807) is 30.3 Å². The van der Waals surface area contributed by atoms with Gasteiger partial charge in [-0.25, -0.2) is 0 Å². The molecule has 0 bridgehead atoms. The second-order valence-electron chi connectivity index (χ2n) is 5.33. The van der Waals surface area contributed by atoms with Gasteiger partial charge in [-0.1, -0.05) is 36.4 Å². The molecule has 0 heterocycles. The number of hydrogen-bond acceptors (Lipinski definition) is 6. The zero-order valence-electron chi connectivity index (χ0n) is 13.2. The van der Waals surface area contributed by atoms with Crippen molar-refractivity contribution in [3.8, 4) is 0 Å². The Labute approximate surface area is 139 Å². The van der Waals surface area contributed by atoms with Crippen LogP contribution in [0.4, 0.5) is 5.69 Å². The molecule has 24 heavy (non-hydrogen) atoms. The van der Waals surface area contributed by atoms with Gasteiger partial charge in [0, 0.05) is 16.8 Å². The van der Waals surface area contributed by atoms with Crippen LogP contribution in [0.25, 0.3) is 0 Å². The first kappa shape index (κ1) is 17.7. The molecule has 2 atom stereocenters. The summed E-state index contributed by atoms with van der Waals surface area (Å²) in [6.45, 7) is 0. The van der Waals surface area contributed by atoms with Crippen molar-refractivity contribution in [2.24, 2.45) is 0 Å². The lowest BCUT2D eigenvalue weighted by Crippen LogP contribution is -2.23. The number of rotatable bonds is 6. The van der Waals surface area contributed by atoms with E-state index in [0.717, 1.165) is 0 Å². The number of aliphatic hydroxyl groups excluding tert-OH is 2. The molecule has 0 saturated carbocycles. The number of anilines is 1. The molecule has 0 amide bonds. The third-order valence-corrected chi connectivity index (χ3v) is 3.67. The summed E-state index contributed by atoms with van der Waals surface area (Å²) in [6, 6.07) is 13.0. The van der Waals surface area contributed by atoms with Crippen molar-refractivity contribution in [3.63, 3.8) is 0 Å². The van der Waals surface area contributed by atoms with Crippen LogP contribution in [0.15, 0.2) is 48.5 Å². The van der Waals surface area contributed by atoms with Crippen molar-refractivity contribution >= 4 is 17.4 Å². The molecule has 0 fully saturated rings. The Morgan fingerprint density at radius 3 is 2.42 bits per heavy atom. The van der Waals surface area contributed by atoms with Crippen LogP contribution in [0.2, 0.25) is 0 Å². The minimum Gasteiger partial charge on any atom is -0.469 e. The van der Waals surface area contributed by atoms with Crippen LogP contribution >= 0.6 is 0 Å². The van der Waals surface area contributed by atoms with E-state index < -0.39 is 18.2 Å². The highest BCUT2D eigenvalue weighted by atomic mass is 16.5. The molecule has 0 aliphatic rings. The van der Waals surface area contributed by atoms with Gasteiger partial charge in [-0.15, -0.1) is 0 Å². The molecular weight excluding hydrogens is 310 g/mol. The fourth-order valence-corrected chi connectivity index (χ4v) is 2.29. The number of methoxy groups -OCH3 is 1. The average molecular weight is 329 g/mol. The smallest absolute Gasteiger partial charge is 0.308 e. The fraction of sp³-hybridized carbons (Fsp3) is 0.222. The highest BCUT2D eigenvalue weighted by molar-refractivity contribution is 6.12. The summed E-state index contributed by atoms with van der Waals surface area (Å²) in [4.78, 5) is 23.7. The SMILES string of the molecule is COC(=O)CC(O)C(O)c1ccc(N)c(C(=O)c2ccccc2)c1. The molecule has 0 aliphatic carbocycles. The Bertz CT molecular complexity index is 729. The summed E-state index contributed by atoms with van der Waals surface area (Å²) in [5.74, 6) is -0.929. The number of esters is 1. The third kappa shape index (κ3) is 3.98. The number of carbonyl (C=O) groups is 2. The molecule has 6 heteroatoms. The van der Waals surface area contributed by atoms with Crippen molar-refractivity contribution in [2.75, 3.05) is 12.8 Å². The predicted octanol–water partition coefficient (Wildman–Crippen LogP) is 1.46. The van der Waals surface area contributed by atoms with Crippen LogP contribution in [0.3, 0.4) is 0 Å². The van der Waals surface area contributed by atoms with Crippen LogP contribution in [-0.2, 0) is 9.53 Å². The molecule has 6 nitrogen and oxygen atoms in total. The summed E-state index contributed by atoms with van der Waals surface area (Å²) in [6.07, 6.45) is -3.04. The van der Waals surface area contributed by atoms with E-state index in [0.29, 0.717) is 11.1 Å². The Balaban J connectivity index is 2.28. The largest absolute Gasteiger partial charge is 0.469 e. The second-order valence-corrected chi connectivity index (χ2v) is 5.33. The Kier molecular flexibility index (Phi) is 5.68. The van der Waals surface area contributed by atoms with E-state index in [4.69, 9.17) is 5.73 Å². The molecule has 0 aromatic heterocycles. The maximum atomic E-state index is 12.5. The van der Waals surface area contributed by atoms with Crippen molar-refractivity contribution in [1.29, 1.82) is 0 Å². The number of aliphatic hydroxyl groups is 2. The van der Waals surface area contributed by atoms with Crippen molar-refractivity contribution in [1.82, 2.24) is 0 Å². The molecule has 0 saturated heterocycles. The Hall–Kier alpha value is -2.70. The van der Waals surface area contributed by atoms with Crippen molar-refractivity contribution in [2.45, 2.75) is 18.6 Å². The van der Waals surface area contributed by atoms with Crippen molar-refractivity contribution in [3.05, 3.63) is 65.2 Å². The summed E-state index contributed by atoms with van der Waals surface area (Å²) < 4.78 is 4.46. The quantitative estimate of drug-likeness (QED) is 0.420. The van der Waals surface area contributed by atoms with Gasteiger partial charge in [0.2, 0.25) is 0 Å². The Morgan fingerprint density at radius 1 is 1.12 bits per heavy atom. The lowest BCUT2D eigenvalue weighted by Gasteiger charge is -2.18. The van der Waals surface area contributed by atoms with E-state index in [1.807, 2.05) is 0 Å². The molecular formula is C18H19NO5. The Morgan fingerprint density at radius 2 is 1.79 bits per heavy atom. The normalized spacial score (nSPS) is 13.1. The lowest BCUT2D eigenvalue weighted by atomic mass is 9.95. The summed E-state index contributed by atoms with van der Waals surface area (Å²) in [5, 5.41) is 20.1. The highest BCUT2D eigenvalue weighted by Gasteiger charge is 2.23. The van der Waals surface area contributed by atoms with Crippen molar-refractivity contribution < 1.29 is 24.5 Å². The molecule has 2 aromatic carbocycles. The number of benzene rings is 2. The average Bonchev–Trinajstić information content (AvgIpc) is 2.61. The molecule has 4 N–H and O–H groups in total. The maximum absolute atomic E-state index is 12.5. The number of nitrogen functional groups attached to an aromatic ring is 1. The summed E-state index contributed by atoms with van der Waals surface area (Å²) >= 11 is 0. The number of ketones is 1. The topological polar surface area (TPSA) is 110 Å². The zero-order valence-corrected chi connectivity index (χ0v) is 13.2. The van der Waals surface area contributed by atoms with Gasteiger partial charge >= 0.3 is 5.97 Å². The molecule has 2 aromatic rings. The number of carbonyl (C=O) groups excluding carboxylic acids is 2. The predicted molar refractivity (Wildman–Crippen MR) is 88.3 cm³/mol. The second kappa shape index (κ2) is 7.72. The van der Waals surface area contributed by atoms with E-state index in [2.05, 4.69) is 4.74 Å². The van der Waals surface area contributed by atoms with Gasteiger partial charge in [0.05, 0.1) is 19.6 Å². The number of hydrogen-bond donors (Lipinski definition) is 3. The molecule has 0 aliphatic heterocycles. The minimum absolute atomic E-state index is 0.225. The van der Waals surface area contributed by atoms with Crippen LogP contribution in [-0.4, -0.2) is 35.2 Å². The van der Waals surface area contributed by atoms with E-state index in [1.165, 1.54) is 25.3 Å². The fourth-order valence-electron chi connectivity index (χ4n) is 2.29. The molecule has 126 valence electrons. The van der Waals surface area contributed by atoms with Gasteiger partial charge in [-0.3, -0.25) is 9.59 Å². The van der Waals surface area contributed by atoms with Gasteiger partial charge in [0.1, 0.15) is 6.10 Å². The van der Waals surface area contributed by atoms with Gasteiger partial charge in [-0.2, -0.15) is 0 Å². The van der Waals surface area contributed by atoms with E-state index in [-0.39, 0.29) is 23.5 Å². The highest BCUT2D eigenvalue weighted by Crippen LogP contribution is 2.25. The summed E-state index contributed by atoms with van der Waals surface area (Å²) in [5.41, 5.74) is 7.11. The first-order valence-corrected chi connectivity index (χ1v) is 7.36. The minimum atomic E-state index is -1.35. The molecule has 0 radical (unpaired) electrons. The number of nitrogens with two attached hydrogens (primary N) is 1. The standard InChI is InChI=1S/C18H19NO5/c1-24-16(21)10-15(20)18(23)12-7-8-14(19)13(9-12)17(22)11-5-3-2-4-6-11/h2-9,15,18,20,23H,10,19H2,1H3. The first-order chi connectivity index (χ1) is 11.4. The van der Waals surface area contributed by atoms with E-state index in [9.17, 15) is 19.8 Å². The molecule has 0 spiro atoms. The third-order valence-electron chi connectivity index (χ3n) is 3.67. The maximum Gasteiger partial charge on any atom is 0.308 e. The first-order valence-electron chi connectivity index (χ1n) is 7.36. The van der Waals surface area contributed by atoms with Crippen LogP contribution < -0.4 is 5.73 Å². The molecule has 2 rings (SSSR count). The monoisotopic (exact) mass is 329 g/mol.